The van der Waals surface area contributed by atoms with Gasteiger partial charge in [-0.05, 0) is 44.1 Å². The summed E-state index contributed by atoms with van der Waals surface area (Å²) in [7, 11) is 1.75. The molecule has 2 fully saturated rings. The predicted molar refractivity (Wildman–Crippen MR) is 118 cm³/mol. The topological polar surface area (TPSA) is 89.9 Å². The molecule has 1 saturated carbocycles. The van der Waals surface area contributed by atoms with Crippen molar-refractivity contribution in [3.05, 3.63) is 35.9 Å². The Bertz CT molecular complexity index is 799. The Kier molecular flexibility index (Phi) is 7.36. The van der Waals surface area contributed by atoms with Crippen molar-refractivity contribution in [2.75, 3.05) is 20.1 Å². The van der Waals surface area contributed by atoms with Crippen molar-refractivity contribution in [3.8, 4) is 0 Å². The first-order valence-electron chi connectivity index (χ1n) is 11.3. The average molecular weight is 430 g/mol. The summed E-state index contributed by atoms with van der Waals surface area (Å²) in [6, 6.07) is 9.37. The molecule has 1 saturated heterocycles. The summed E-state index contributed by atoms with van der Waals surface area (Å²) < 4.78 is 0. The highest BCUT2D eigenvalue weighted by Crippen LogP contribution is 2.39. The Morgan fingerprint density at radius 3 is 2.45 bits per heavy atom. The second kappa shape index (κ2) is 9.81. The van der Waals surface area contributed by atoms with Crippen LogP contribution in [0.2, 0.25) is 0 Å². The first-order valence-corrected chi connectivity index (χ1v) is 11.3. The molecule has 0 aromatic heterocycles. The van der Waals surface area contributed by atoms with Crippen molar-refractivity contribution in [1.82, 2.24) is 15.1 Å². The van der Waals surface area contributed by atoms with E-state index in [0.717, 1.165) is 24.8 Å². The SMILES string of the molecule is CC(=O)NC[C@]1(c2ccccc2)CC[C@H](O)[C@@H](N(C)C(=O)[C@H]2CCCN2C(C)=O)CC1. The van der Waals surface area contributed by atoms with Crippen LogP contribution in [0.1, 0.15) is 57.9 Å². The largest absolute Gasteiger partial charge is 0.391 e. The zero-order chi connectivity index (χ0) is 22.6. The number of aliphatic hydroxyl groups is 1. The van der Waals surface area contributed by atoms with Gasteiger partial charge in [-0.2, -0.15) is 0 Å². The smallest absolute Gasteiger partial charge is 0.245 e. The predicted octanol–water partition coefficient (Wildman–Crippen LogP) is 1.83. The number of hydrogen-bond donors (Lipinski definition) is 2. The van der Waals surface area contributed by atoms with Crippen molar-refractivity contribution in [3.63, 3.8) is 0 Å². The molecule has 1 aliphatic heterocycles. The van der Waals surface area contributed by atoms with E-state index in [2.05, 4.69) is 17.4 Å². The molecule has 0 spiro atoms. The third kappa shape index (κ3) is 5.09. The second-order valence-electron chi connectivity index (χ2n) is 9.09. The maximum absolute atomic E-state index is 13.2. The number of carbonyl (C=O) groups excluding carboxylic acids is 3. The molecule has 1 aromatic carbocycles. The van der Waals surface area contributed by atoms with Crippen molar-refractivity contribution in [2.24, 2.45) is 0 Å². The van der Waals surface area contributed by atoms with Gasteiger partial charge in [-0.3, -0.25) is 14.4 Å². The van der Waals surface area contributed by atoms with Crippen LogP contribution in [0, 0.1) is 0 Å². The van der Waals surface area contributed by atoms with Crippen LogP contribution in [-0.4, -0.2) is 71.0 Å². The highest BCUT2D eigenvalue weighted by atomic mass is 16.3. The summed E-state index contributed by atoms with van der Waals surface area (Å²) in [5.41, 5.74) is 0.856. The molecule has 0 radical (unpaired) electrons. The van der Waals surface area contributed by atoms with Gasteiger partial charge in [0.1, 0.15) is 6.04 Å². The van der Waals surface area contributed by atoms with Gasteiger partial charge in [-0.15, -0.1) is 0 Å². The first-order chi connectivity index (χ1) is 14.7. The lowest BCUT2D eigenvalue weighted by molar-refractivity contribution is -0.145. The van der Waals surface area contributed by atoms with Gasteiger partial charge in [0.25, 0.3) is 0 Å². The van der Waals surface area contributed by atoms with Gasteiger partial charge in [0.15, 0.2) is 0 Å². The van der Waals surface area contributed by atoms with Crippen molar-refractivity contribution in [1.29, 1.82) is 0 Å². The van der Waals surface area contributed by atoms with Crippen LogP contribution in [0.4, 0.5) is 0 Å². The molecule has 170 valence electrons. The zero-order valence-corrected chi connectivity index (χ0v) is 18.8. The van der Waals surface area contributed by atoms with E-state index in [-0.39, 0.29) is 29.2 Å². The monoisotopic (exact) mass is 429 g/mol. The lowest BCUT2D eigenvalue weighted by Gasteiger charge is -2.35. The molecule has 1 heterocycles. The van der Waals surface area contributed by atoms with Gasteiger partial charge in [0.2, 0.25) is 17.7 Å². The quantitative estimate of drug-likeness (QED) is 0.699. The molecule has 3 amide bonds. The number of rotatable bonds is 5. The summed E-state index contributed by atoms with van der Waals surface area (Å²) >= 11 is 0. The number of nitrogens with zero attached hydrogens (tertiary/aromatic N) is 2. The number of aliphatic hydroxyl groups excluding tert-OH is 1. The molecule has 1 aromatic rings. The van der Waals surface area contributed by atoms with Crippen LogP contribution in [-0.2, 0) is 19.8 Å². The van der Waals surface area contributed by atoms with E-state index in [1.807, 2.05) is 18.2 Å². The van der Waals surface area contributed by atoms with E-state index >= 15 is 0 Å². The number of benzene rings is 1. The summed E-state index contributed by atoms with van der Waals surface area (Å²) in [6.07, 6.45) is 3.48. The van der Waals surface area contributed by atoms with Crippen LogP contribution in [0.3, 0.4) is 0 Å². The number of nitrogens with one attached hydrogen (secondary N) is 1. The molecule has 2 aliphatic rings. The number of carbonyl (C=O) groups is 3. The fraction of sp³-hybridized carbons (Fsp3) is 0.625. The average Bonchev–Trinajstić information content (AvgIpc) is 3.19. The summed E-state index contributed by atoms with van der Waals surface area (Å²) in [6.45, 7) is 4.13. The molecule has 2 N–H and O–H groups in total. The molecular formula is C24H35N3O4. The molecule has 7 heteroatoms. The van der Waals surface area contributed by atoms with Gasteiger partial charge >= 0.3 is 0 Å². The van der Waals surface area contributed by atoms with Crippen LogP contribution >= 0.6 is 0 Å². The standard InChI is InChI=1S/C24H35N3O4/c1-17(28)25-16-24(19-8-5-4-6-9-19)13-11-20(22(30)12-14-24)26(3)23(31)21-10-7-15-27(21)18(2)29/h4-6,8-9,20-22,30H,7,10-16H2,1-3H3,(H,25,28)/t20-,21+,22-,24+/m0/s1. The maximum atomic E-state index is 13.2. The van der Waals surface area contributed by atoms with E-state index in [9.17, 15) is 19.5 Å². The fourth-order valence-corrected chi connectivity index (χ4v) is 5.26. The lowest BCUT2D eigenvalue weighted by Crippen LogP contribution is -2.52. The Morgan fingerprint density at radius 2 is 1.81 bits per heavy atom. The Hall–Kier alpha value is -2.41. The second-order valence-corrected chi connectivity index (χ2v) is 9.09. The molecule has 0 bridgehead atoms. The lowest BCUT2D eigenvalue weighted by atomic mass is 9.74. The van der Waals surface area contributed by atoms with Crippen molar-refractivity contribution < 1.29 is 19.5 Å². The van der Waals surface area contributed by atoms with E-state index in [1.54, 1.807) is 16.8 Å². The third-order valence-corrected chi connectivity index (χ3v) is 7.13. The van der Waals surface area contributed by atoms with Crippen LogP contribution in [0.25, 0.3) is 0 Å². The van der Waals surface area contributed by atoms with Crippen LogP contribution in [0.5, 0.6) is 0 Å². The van der Waals surface area contributed by atoms with Gasteiger partial charge in [-0.1, -0.05) is 30.3 Å². The molecule has 4 atom stereocenters. The molecule has 3 rings (SSSR count). The van der Waals surface area contributed by atoms with Crippen LogP contribution < -0.4 is 5.32 Å². The minimum absolute atomic E-state index is 0.0745. The minimum atomic E-state index is -0.649. The molecule has 7 nitrogen and oxygen atoms in total. The first kappa shape index (κ1) is 23.3. The summed E-state index contributed by atoms with van der Waals surface area (Å²) in [5.74, 6) is -0.246. The minimum Gasteiger partial charge on any atom is -0.391 e. The van der Waals surface area contributed by atoms with E-state index < -0.39 is 12.1 Å². The zero-order valence-electron chi connectivity index (χ0n) is 18.8. The van der Waals surface area contributed by atoms with Gasteiger partial charge in [0, 0.05) is 39.4 Å². The van der Waals surface area contributed by atoms with Crippen molar-refractivity contribution in [2.45, 2.75) is 76.0 Å². The number of likely N-dealkylation sites (N-methyl/N-ethyl adjacent to an activating group) is 1. The molecule has 1 aliphatic carbocycles. The van der Waals surface area contributed by atoms with E-state index in [0.29, 0.717) is 32.4 Å². The van der Waals surface area contributed by atoms with Crippen molar-refractivity contribution >= 4 is 17.7 Å². The number of hydrogen-bond acceptors (Lipinski definition) is 4. The van der Waals surface area contributed by atoms with Gasteiger partial charge in [0.05, 0.1) is 12.1 Å². The van der Waals surface area contributed by atoms with Gasteiger partial charge in [-0.25, -0.2) is 0 Å². The number of likely N-dealkylation sites (tertiary alicyclic amines) is 1. The molecule has 0 unspecified atom stereocenters. The van der Waals surface area contributed by atoms with E-state index in [4.69, 9.17) is 0 Å². The highest BCUT2D eigenvalue weighted by molar-refractivity contribution is 5.87. The third-order valence-electron chi connectivity index (χ3n) is 7.13. The number of amides is 3. The Morgan fingerprint density at radius 1 is 1.13 bits per heavy atom. The Labute approximate surface area is 184 Å². The van der Waals surface area contributed by atoms with Crippen LogP contribution in [0.15, 0.2) is 30.3 Å². The fourth-order valence-electron chi connectivity index (χ4n) is 5.26. The maximum Gasteiger partial charge on any atom is 0.245 e. The normalized spacial score (nSPS) is 28.6. The summed E-state index contributed by atoms with van der Waals surface area (Å²) in [4.78, 5) is 40.1. The Balaban J connectivity index is 1.79. The van der Waals surface area contributed by atoms with Gasteiger partial charge < -0.3 is 20.2 Å². The molecule has 31 heavy (non-hydrogen) atoms. The highest BCUT2D eigenvalue weighted by Gasteiger charge is 2.42. The molecular weight excluding hydrogens is 394 g/mol. The summed E-state index contributed by atoms with van der Waals surface area (Å²) in [5, 5.41) is 14.0. The van der Waals surface area contributed by atoms with E-state index in [1.165, 1.54) is 13.8 Å².